The Labute approximate surface area is 174 Å². The van der Waals surface area contributed by atoms with Crippen molar-refractivity contribution < 1.29 is 14.3 Å². The molecule has 0 aromatic heterocycles. The zero-order valence-corrected chi connectivity index (χ0v) is 17.3. The number of ether oxygens (including phenoxy) is 1. The molecule has 3 aromatic carbocycles. The van der Waals surface area contributed by atoms with Gasteiger partial charge in [-0.1, -0.05) is 48.5 Å². The van der Waals surface area contributed by atoms with Crippen LogP contribution in [0.3, 0.4) is 0 Å². The summed E-state index contributed by atoms with van der Waals surface area (Å²) in [7, 11) is 0. The van der Waals surface area contributed by atoms with E-state index >= 15 is 0 Å². The number of amides is 1. The zero-order chi connectivity index (χ0) is 20.4. The number of carbonyl (C=O) groups is 2. The summed E-state index contributed by atoms with van der Waals surface area (Å²) in [5, 5.41) is 2.30. The number of esters is 1. The quantitative estimate of drug-likeness (QED) is 0.450. The predicted octanol–water partition coefficient (Wildman–Crippen LogP) is 4.84. The Morgan fingerprint density at radius 3 is 2.62 bits per heavy atom. The molecule has 3 aromatic rings. The fourth-order valence-electron chi connectivity index (χ4n) is 3.78. The smallest absolute Gasteiger partial charge is 0.317 e. The molecule has 0 fully saturated rings. The molecular formula is C24H23NO3S. The van der Waals surface area contributed by atoms with Crippen LogP contribution in [-0.4, -0.2) is 29.8 Å². The predicted molar refractivity (Wildman–Crippen MR) is 117 cm³/mol. The summed E-state index contributed by atoms with van der Waals surface area (Å²) in [6.45, 7) is 3.66. The van der Waals surface area contributed by atoms with Crippen molar-refractivity contribution in [2.45, 2.75) is 37.3 Å². The number of rotatable bonds is 5. The summed E-state index contributed by atoms with van der Waals surface area (Å²) in [6, 6.07) is 22.2. The maximum absolute atomic E-state index is 12.9. The number of benzene rings is 3. The van der Waals surface area contributed by atoms with E-state index in [1.165, 1.54) is 17.1 Å². The highest BCUT2D eigenvalue weighted by atomic mass is 32.2. The van der Waals surface area contributed by atoms with Crippen LogP contribution in [0.15, 0.2) is 71.6 Å². The van der Waals surface area contributed by atoms with Crippen molar-refractivity contribution in [3.63, 3.8) is 0 Å². The van der Waals surface area contributed by atoms with Gasteiger partial charge in [0.25, 0.3) is 5.91 Å². The molecule has 0 radical (unpaired) electrons. The molecule has 4 nitrogen and oxygen atoms in total. The molecule has 0 unspecified atom stereocenters. The Bertz CT molecular complexity index is 1060. The molecule has 1 heterocycles. The number of thioether (sulfide) groups is 1. The Kier molecular flexibility index (Phi) is 5.58. The number of carbonyl (C=O) groups excluding carboxylic acids is 2. The fraction of sp³-hybridized carbons (Fsp3) is 0.250. The van der Waals surface area contributed by atoms with E-state index in [1.807, 2.05) is 61.5 Å². The Morgan fingerprint density at radius 2 is 1.79 bits per heavy atom. The number of hydrogen-bond acceptors (Lipinski definition) is 4. The largest absolute Gasteiger partial charge is 0.452 e. The summed E-state index contributed by atoms with van der Waals surface area (Å²) in [5.41, 5.74) is 2.07. The summed E-state index contributed by atoms with van der Waals surface area (Å²) < 4.78 is 5.45. The summed E-state index contributed by atoms with van der Waals surface area (Å²) in [6.07, 6.45) is 0.00809. The van der Waals surface area contributed by atoms with Gasteiger partial charge in [0.05, 0.1) is 5.75 Å². The Balaban J connectivity index is 1.36. The number of fused-ring (bicyclic) bond motifs is 2. The molecule has 0 saturated heterocycles. The molecule has 148 valence electrons. The van der Waals surface area contributed by atoms with Crippen LogP contribution in [0.4, 0.5) is 5.69 Å². The van der Waals surface area contributed by atoms with Gasteiger partial charge in [-0.15, -0.1) is 11.8 Å². The standard InChI is InChI=1S/C24H23NO3S/c1-16-13-20-9-5-6-10-22(20)25(16)24(27)17(2)28-23(26)15-29-21-12-11-18-7-3-4-8-19(18)14-21/h3-12,14,16-17H,13,15H2,1-2H3/t16-,17-/m1/s1. The van der Waals surface area contributed by atoms with Gasteiger partial charge < -0.3 is 9.64 Å². The van der Waals surface area contributed by atoms with Gasteiger partial charge in [-0.2, -0.15) is 0 Å². The topological polar surface area (TPSA) is 46.6 Å². The van der Waals surface area contributed by atoms with Crippen molar-refractivity contribution in [3.05, 3.63) is 72.3 Å². The lowest BCUT2D eigenvalue weighted by Crippen LogP contribution is -2.43. The van der Waals surface area contributed by atoms with Crippen molar-refractivity contribution in [1.82, 2.24) is 0 Å². The summed E-state index contributed by atoms with van der Waals surface area (Å²) in [5.74, 6) is -0.391. The lowest BCUT2D eigenvalue weighted by atomic mass is 10.1. The van der Waals surface area contributed by atoms with Crippen LogP contribution >= 0.6 is 11.8 Å². The van der Waals surface area contributed by atoms with Gasteiger partial charge in [0.1, 0.15) is 0 Å². The monoisotopic (exact) mass is 405 g/mol. The summed E-state index contributed by atoms with van der Waals surface area (Å²) in [4.78, 5) is 28.0. The minimum Gasteiger partial charge on any atom is -0.452 e. The minimum absolute atomic E-state index is 0.0630. The van der Waals surface area contributed by atoms with Gasteiger partial charge in [0, 0.05) is 16.6 Å². The third kappa shape index (κ3) is 4.15. The number of anilines is 1. The van der Waals surface area contributed by atoms with E-state index in [-0.39, 0.29) is 23.7 Å². The molecule has 29 heavy (non-hydrogen) atoms. The molecule has 0 spiro atoms. The molecular weight excluding hydrogens is 382 g/mol. The first-order valence-corrected chi connectivity index (χ1v) is 10.7. The van der Waals surface area contributed by atoms with Gasteiger partial charge in [0.15, 0.2) is 6.10 Å². The van der Waals surface area contributed by atoms with Crippen molar-refractivity contribution in [1.29, 1.82) is 0 Å². The first-order valence-electron chi connectivity index (χ1n) is 9.75. The highest BCUT2D eigenvalue weighted by Crippen LogP contribution is 2.32. The van der Waals surface area contributed by atoms with E-state index in [0.29, 0.717) is 0 Å². The van der Waals surface area contributed by atoms with E-state index in [0.717, 1.165) is 28.0 Å². The molecule has 1 amide bonds. The van der Waals surface area contributed by atoms with Gasteiger partial charge in [-0.05, 0) is 54.8 Å². The molecule has 1 aliphatic heterocycles. The molecule has 0 aliphatic carbocycles. The maximum atomic E-state index is 12.9. The summed E-state index contributed by atoms with van der Waals surface area (Å²) >= 11 is 1.42. The highest BCUT2D eigenvalue weighted by molar-refractivity contribution is 8.00. The van der Waals surface area contributed by atoms with Crippen LogP contribution in [0.5, 0.6) is 0 Å². The van der Waals surface area contributed by atoms with Crippen LogP contribution in [0.1, 0.15) is 19.4 Å². The van der Waals surface area contributed by atoms with Gasteiger partial charge >= 0.3 is 5.97 Å². The van der Waals surface area contributed by atoms with Crippen molar-refractivity contribution in [3.8, 4) is 0 Å². The molecule has 0 saturated carbocycles. The van der Waals surface area contributed by atoms with E-state index in [9.17, 15) is 9.59 Å². The zero-order valence-electron chi connectivity index (χ0n) is 16.5. The average molecular weight is 406 g/mol. The molecule has 1 aliphatic rings. The van der Waals surface area contributed by atoms with Gasteiger partial charge in [0.2, 0.25) is 0 Å². The SMILES string of the molecule is C[C@@H]1Cc2ccccc2N1C(=O)[C@@H](C)OC(=O)CSc1ccc2ccccc2c1. The molecule has 0 bridgehead atoms. The number of hydrogen-bond donors (Lipinski definition) is 0. The van der Waals surface area contributed by atoms with Crippen molar-refractivity contribution >= 4 is 40.1 Å². The van der Waals surface area contributed by atoms with Crippen molar-refractivity contribution in [2.75, 3.05) is 10.7 Å². The Morgan fingerprint density at radius 1 is 1.07 bits per heavy atom. The van der Waals surface area contributed by atoms with Gasteiger partial charge in [-0.3, -0.25) is 9.59 Å². The van der Waals surface area contributed by atoms with E-state index in [1.54, 1.807) is 11.8 Å². The normalized spacial score (nSPS) is 16.5. The third-order valence-electron chi connectivity index (χ3n) is 5.18. The van der Waals surface area contributed by atoms with Gasteiger partial charge in [-0.25, -0.2) is 0 Å². The highest BCUT2D eigenvalue weighted by Gasteiger charge is 2.34. The maximum Gasteiger partial charge on any atom is 0.317 e. The molecule has 2 atom stereocenters. The second kappa shape index (κ2) is 8.29. The first-order chi connectivity index (χ1) is 14.0. The van der Waals surface area contributed by atoms with Crippen LogP contribution in [0.2, 0.25) is 0 Å². The number of para-hydroxylation sites is 1. The number of nitrogens with zero attached hydrogens (tertiary/aromatic N) is 1. The van der Waals surface area contributed by atoms with E-state index in [2.05, 4.69) is 12.1 Å². The average Bonchev–Trinajstić information content (AvgIpc) is 3.07. The lowest BCUT2D eigenvalue weighted by Gasteiger charge is -2.25. The second-order valence-corrected chi connectivity index (χ2v) is 8.37. The van der Waals surface area contributed by atoms with Crippen LogP contribution in [-0.2, 0) is 20.7 Å². The molecule has 5 heteroatoms. The van der Waals surface area contributed by atoms with Crippen LogP contribution < -0.4 is 4.90 Å². The molecule has 4 rings (SSSR count). The lowest BCUT2D eigenvalue weighted by molar-refractivity contribution is -0.151. The van der Waals surface area contributed by atoms with Crippen LogP contribution in [0.25, 0.3) is 10.8 Å². The minimum atomic E-state index is -0.812. The van der Waals surface area contributed by atoms with E-state index in [4.69, 9.17) is 4.74 Å². The van der Waals surface area contributed by atoms with E-state index < -0.39 is 6.10 Å². The molecule has 0 N–H and O–H groups in total. The van der Waals surface area contributed by atoms with Crippen LogP contribution in [0, 0.1) is 0 Å². The second-order valence-electron chi connectivity index (χ2n) is 7.32. The fourth-order valence-corrected chi connectivity index (χ4v) is 4.51. The third-order valence-corrected chi connectivity index (χ3v) is 6.15. The Hall–Kier alpha value is -2.79. The van der Waals surface area contributed by atoms with Crippen molar-refractivity contribution in [2.24, 2.45) is 0 Å². The first kappa shape index (κ1) is 19.5.